The third-order valence-corrected chi connectivity index (χ3v) is 4.58. The van der Waals surface area contributed by atoms with E-state index in [9.17, 15) is 4.79 Å². The zero-order chi connectivity index (χ0) is 18.0. The van der Waals surface area contributed by atoms with E-state index >= 15 is 0 Å². The quantitative estimate of drug-likeness (QED) is 0.671. The summed E-state index contributed by atoms with van der Waals surface area (Å²) in [6.07, 6.45) is 0. The van der Waals surface area contributed by atoms with Crippen molar-refractivity contribution in [1.82, 2.24) is 5.32 Å². The van der Waals surface area contributed by atoms with Crippen molar-refractivity contribution in [2.24, 2.45) is 0 Å². The lowest BCUT2D eigenvalue weighted by Gasteiger charge is -2.37. The van der Waals surface area contributed by atoms with Crippen molar-refractivity contribution in [3.8, 4) is 0 Å². The second kappa shape index (κ2) is 7.07. The SMILES string of the molecule is COC(=O)C1=C(C)N(c2ccccc2)C(=S)N[C@H]1c1cccc(C)c1. The molecule has 0 fully saturated rings. The molecule has 1 aliphatic rings. The van der Waals surface area contributed by atoms with E-state index in [0.717, 1.165) is 22.5 Å². The van der Waals surface area contributed by atoms with Crippen LogP contribution in [-0.2, 0) is 9.53 Å². The first kappa shape index (κ1) is 17.2. The Morgan fingerprint density at radius 1 is 1.12 bits per heavy atom. The molecule has 0 saturated carbocycles. The molecule has 1 heterocycles. The summed E-state index contributed by atoms with van der Waals surface area (Å²) in [6.45, 7) is 3.92. The zero-order valence-electron chi connectivity index (χ0n) is 14.4. The number of esters is 1. The molecule has 0 unspecified atom stereocenters. The summed E-state index contributed by atoms with van der Waals surface area (Å²) in [6, 6.07) is 17.4. The number of nitrogens with one attached hydrogen (secondary N) is 1. The molecule has 128 valence electrons. The highest BCUT2D eigenvalue weighted by Gasteiger charge is 2.35. The topological polar surface area (TPSA) is 41.6 Å². The second-order valence-corrected chi connectivity index (χ2v) is 6.34. The van der Waals surface area contributed by atoms with Crippen molar-refractivity contribution in [1.29, 1.82) is 0 Å². The van der Waals surface area contributed by atoms with Gasteiger partial charge in [-0.3, -0.25) is 4.90 Å². The average Bonchev–Trinajstić information content (AvgIpc) is 2.61. The summed E-state index contributed by atoms with van der Waals surface area (Å²) >= 11 is 5.60. The van der Waals surface area contributed by atoms with E-state index in [4.69, 9.17) is 17.0 Å². The highest BCUT2D eigenvalue weighted by Crippen LogP contribution is 2.34. The van der Waals surface area contributed by atoms with E-state index in [0.29, 0.717) is 10.7 Å². The van der Waals surface area contributed by atoms with Gasteiger partial charge in [-0.25, -0.2) is 4.79 Å². The van der Waals surface area contributed by atoms with Gasteiger partial charge in [0.1, 0.15) is 0 Å². The molecular weight excluding hydrogens is 332 g/mol. The Bertz CT molecular complexity index is 846. The van der Waals surface area contributed by atoms with Crippen LogP contribution in [0.25, 0.3) is 0 Å². The van der Waals surface area contributed by atoms with Crippen LogP contribution in [0.1, 0.15) is 24.1 Å². The lowest BCUT2D eigenvalue weighted by Crippen LogP contribution is -2.48. The van der Waals surface area contributed by atoms with E-state index in [2.05, 4.69) is 11.4 Å². The van der Waals surface area contributed by atoms with Gasteiger partial charge in [0.15, 0.2) is 5.11 Å². The molecule has 0 aromatic heterocycles. The summed E-state index contributed by atoms with van der Waals surface area (Å²) in [5.74, 6) is -0.361. The first-order chi connectivity index (χ1) is 12.0. The number of hydrogen-bond acceptors (Lipinski definition) is 3. The van der Waals surface area contributed by atoms with Gasteiger partial charge in [0.05, 0.1) is 18.7 Å². The van der Waals surface area contributed by atoms with Gasteiger partial charge >= 0.3 is 5.97 Å². The molecule has 1 aliphatic heterocycles. The van der Waals surface area contributed by atoms with Crippen LogP contribution in [0.2, 0.25) is 0 Å². The number of carbonyl (C=O) groups is 1. The largest absolute Gasteiger partial charge is 0.466 e. The second-order valence-electron chi connectivity index (χ2n) is 5.96. The van der Waals surface area contributed by atoms with Crippen LogP contribution in [0, 0.1) is 6.92 Å². The first-order valence-electron chi connectivity index (χ1n) is 8.04. The van der Waals surface area contributed by atoms with Crippen LogP contribution in [0.4, 0.5) is 5.69 Å². The number of methoxy groups -OCH3 is 1. The number of aryl methyl sites for hydroxylation is 1. The predicted octanol–water partition coefficient (Wildman–Crippen LogP) is 3.88. The molecule has 5 heteroatoms. The zero-order valence-corrected chi connectivity index (χ0v) is 15.3. The Morgan fingerprint density at radius 3 is 2.48 bits per heavy atom. The number of allylic oxidation sites excluding steroid dienone is 1. The van der Waals surface area contributed by atoms with Crippen molar-refractivity contribution in [2.45, 2.75) is 19.9 Å². The summed E-state index contributed by atoms with van der Waals surface area (Å²) in [5, 5.41) is 3.86. The Balaban J connectivity index is 2.14. The molecule has 3 rings (SSSR count). The summed E-state index contributed by atoms with van der Waals surface area (Å²) in [4.78, 5) is 14.4. The van der Waals surface area contributed by atoms with E-state index < -0.39 is 0 Å². The van der Waals surface area contributed by atoms with E-state index in [1.165, 1.54) is 7.11 Å². The minimum Gasteiger partial charge on any atom is -0.466 e. The fraction of sp³-hybridized carbons (Fsp3) is 0.200. The summed E-state index contributed by atoms with van der Waals surface area (Å²) < 4.78 is 5.05. The molecule has 0 saturated heterocycles. The summed E-state index contributed by atoms with van der Waals surface area (Å²) in [5.41, 5.74) is 4.34. The lowest BCUT2D eigenvalue weighted by molar-refractivity contribution is -0.136. The van der Waals surface area contributed by atoms with Crippen molar-refractivity contribution in [3.05, 3.63) is 77.0 Å². The highest BCUT2D eigenvalue weighted by molar-refractivity contribution is 7.80. The third kappa shape index (κ3) is 3.28. The molecule has 0 bridgehead atoms. The molecule has 1 atom stereocenters. The van der Waals surface area contributed by atoms with Gasteiger partial charge in [0, 0.05) is 11.4 Å². The molecule has 4 nitrogen and oxygen atoms in total. The first-order valence-corrected chi connectivity index (χ1v) is 8.45. The normalized spacial score (nSPS) is 17.3. The lowest BCUT2D eigenvalue weighted by atomic mass is 9.94. The number of rotatable bonds is 3. The number of benzene rings is 2. The number of para-hydroxylation sites is 1. The van der Waals surface area contributed by atoms with Crippen molar-refractivity contribution < 1.29 is 9.53 Å². The predicted molar refractivity (Wildman–Crippen MR) is 103 cm³/mol. The monoisotopic (exact) mass is 352 g/mol. The van der Waals surface area contributed by atoms with E-state index in [-0.39, 0.29) is 12.0 Å². The molecule has 2 aromatic carbocycles. The van der Waals surface area contributed by atoms with E-state index in [1.807, 2.05) is 67.3 Å². The van der Waals surface area contributed by atoms with Crippen LogP contribution < -0.4 is 10.2 Å². The Kier molecular flexibility index (Phi) is 4.86. The number of nitrogens with zero attached hydrogens (tertiary/aromatic N) is 1. The molecule has 0 radical (unpaired) electrons. The average molecular weight is 352 g/mol. The molecule has 0 aliphatic carbocycles. The van der Waals surface area contributed by atoms with Crippen molar-refractivity contribution in [2.75, 3.05) is 12.0 Å². The Labute approximate surface area is 153 Å². The van der Waals surface area contributed by atoms with Crippen LogP contribution in [-0.4, -0.2) is 18.2 Å². The van der Waals surface area contributed by atoms with Crippen molar-refractivity contribution in [3.63, 3.8) is 0 Å². The third-order valence-electron chi connectivity index (χ3n) is 4.28. The minimum atomic E-state index is -0.361. The number of hydrogen-bond donors (Lipinski definition) is 1. The number of ether oxygens (including phenoxy) is 1. The van der Waals surface area contributed by atoms with Crippen molar-refractivity contribution >= 4 is 29.0 Å². The van der Waals surface area contributed by atoms with Gasteiger partial charge in [-0.1, -0.05) is 48.0 Å². The van der Waals surface area contributed by atoms with Gasteiger partial charge in [0.25, 0.3) is 0 Å². The van der Waals surface area contributed by atoms with Gasteiger partial charge < -0.3 is 10.1 Å². The fourth-order valence-electron chi connectivity index (χ4n) is 3.11. The standard InChI is InChI=1S/C20H20N2O2S/c1-13-8-7-9-15(12-13)18-17(19(23)24-3)14(2)22(20(25)21-18)16-10-5-4-6-11-16/h4-12,18H,1-3H3,(H,21,25)/t18-/m0/s1. The number of carbonyl (C=O) groups excluding carboxylic acids is 1. The molecule has 1 N–H and O–H groups in total. The Morgan fingerprint density at radius 2 is 1.84 bits per heavy atom. The number of anilines is 1. The van der Waals surface area contributed by atoms with Gasteiger partial charge in [0.2, 0.25) is 0 Å². The van der Waals surface area contributed by atoms with Crippen LogP contribution in [0.3, 0.4) is 0 Å². The Hall–Kier alpha value is -2.66. The van der Waals surface area contributed by atoms with Gasteiger partial charge in [-0.15, -0.1) is 0 Å². The van der Waals surface area contributed by atoms with E-state index in [1.54, 1.807) is 0 Å². The fourth-order valence-corrected chi connectivity index (χ4v) is 3.47. The van der Waals surface area contributed by atoms with Gasteiger partial charge in [-0.05, 0) is 43.8 Å². The maximum atomic E-state index is 12.5. The highest BCUT2D eigenvalue weighted by atomic mass is 32.1. The maximum Gasteiger partial charge on any atom is 0.337 e. The number of thiocarbonyl (C=S) groups is 1. The van der Waals surface area contributed by atoms with Crippen LogP contribution in [0.5, 0.6) is 0 Å². The molecule has 0 amide bonds. The summed E-state index contributed by atoms with van der Waals surface area (Å²) in [7, 11) is 1.40. The molecule has 0 spiro atoms. The molecule has 25 heavy (non-hydrogen) atoms. The van der Waals surface area contributed by atoms with Gasteiger partial charge in [-0.2, -0.15) is 0 Å². The smallest absolute Gasteiger partial charge is 0.337 e. The molecular formula is C20H20N2O2S. The maximum absolute atomic E-state index is 12.5. The van der Waals surface area contributed by atoms with Crippen LogP contribution in [0.15, 0.2) is 65.9 Å². The minimum absolute atomic E-state index is 0.334. The van der Waals surface area contributed by atoms with Crippen LogP contribution >= 0.6 is 12.2 Å². The molecule has 2 aromatic rings.